The van der Waals surface area contributed by atoms with Crippen LogP contribution in [-0.4, -0.2) is 52.0 Å². The number of aromatic nitrogens is 3. The maximum absolute atomic E-state index is 12.0. The average molecular weight is 417 g/mol. The maximum atomic E-state index is 12.0. The van der Waals surface area contributed by atoms with Gasteiger partial charge in [0.25, 0.3) is 0 Å². The smallest absolute Gasteiger partial charge is 0.309 e. The molecule has 0 amide bonds. The van der Waals surface area contributed by atoms with Crippen LogP contribution in [-0.2, 0) is 22.7 Å². The zero-order valence-corrected chi connectivity index (χ0v) is 17.9. The van der Waals surface area contributed by atoms with E-state index >= 15 is 0 Å². The molecular formula is C21H28N4O3S. The molecule has 7 nitrogen and oxygen atoms in total. The fourth-order valence-corrected chi connectivity index (χ4v) is 3.87. The van der Waals surface area contributed by atoms with Gasteiger partial charge in [0.2, 0.25) is 0 Å². The van der Waals surface area contributed by atoms with Crippen LogP contribution in [0.15, 0.2) is 36.9 Å². The third kappa shape index (κ3) is 4.76. The predicted octanol–water partition coefficient (Wildman–Crippen LogP) is 3.51. The Morgan fingerprint density at radius 1 is 1.34 bits per heavy atom. The van der Waals surface area contributed by atoms with Crippen LogP contribution in [0.3, 0.4) is 0 Å². The summed E-state index contributed by atoms with van der Waals surface area (Å²) in [5.41, 5.74) is 0.891. The van der Waals surface area contributed by atoms with Crippen LogP contribution in [0.2, 0.25) is 0 Å². The van der Waals surface area contributed by atoms with Crippen LogP contribution < -0.4 is 4.74 Å². The molecule has 2 aromatic rings. The second-order valence-electron chi connectivity index (χ2n) is 6.99. The van der Waals surface area contributed by atoms with Crippen molar-refractivity contribution in [3.05, 3.63) is 41.7 Å². The summed E-state index contributed by atoms with van der Waals surface area (Å²) in [4.78, 5) is 14.2. The molecule has 1 aromatic carbocycles. The van der Waals surface area contributed by atoms with Gasteiger partial charge < -0.3 is 9.47 Å². The van der Waals surface area contributed by atoms with E-state index in [9.17, 15) is 4.79 Å². The summed E-state index contributed by atoms with van der Waals surface area (Å²) in [7, 11) is 1.65. The Kier molecular flexibility index (Phi) is 7.22. The quantitative estimate of drug-likeness (QED) is 0.373. The van der Waals surface area contributed by atoms with E-state index in [4.69, 9.17) is 26.8 Å². The van der Waals surface area contributed by atoms with Gasteiger partial charge in [0.15, 0.2) is 10.6 Å². The summed E-state index contributed by atoms with van der Waals surface area (Å²) >= 11 is 5.70. The molecule has 1 saturated heterocycles. The SMILES string of the molecule is C=CCn1c(-c2ccccc2OC)nn(CN2CCC(C(=O)OCC)CC2)c1=S. The van der Waals surface area contributed by atoms with Gasteiger partial charge in [0, 0.05) is 19.6 Å². The highest BCUT2D eigenvalue weighted by molar-refractivity contribution is 7.71. The summed E-state index contributed by atoms with van der Waals surface area (Å²) in [6.07, 6.45) is 3.39. The summed E-state index contributed by atoms with van der Waals surface area (Å²) in [6, 6.07) is 7.78. The number of piperidine rings is 1. The monoisotopic (exact) mass is 416 g/mol. The molecule has 0 unspecified atom stereocenters. The van der Waals surface area contributed by atoms with Crippen molar-refractivity contribution >= 4 is 18.2 Å². The fraction of sp³-hybridized carbons (Fsp3) is 0.476. The first-order chi connectivity index (χ1) is 14.1. The summed E-state index contributed by atoms with van der Waals surface area (Å²) < 4.78 is 15.1. The maximum Gasteiger partial charge on any atom is 0.309 e. The number of methoxy groups -OCH3 is 1. The van der Waals surface area contributed by atoms with Gasteiger partial charge in [-0.3, -0.25) is 14.3 Å². The molecule has 0 aliphatic carbocycles. The van der Waals surface area contributed by atoms with Crippen molar-refractivity contribution in [3.8, 4) is 17.1 Å². The summed E-state index contributed by atoms with van der Waals surface area (Å²) in [5.74, 6) is 1.41. The van der Waals surface area contributed by atoms with Crippen molar-refractivity contribution in [2.24, 2.45) is 5.92 Å². The number of nitrogens with zero attached hydrogens (tertiary/aromatic N) is 4. The van der Waals surface area contributed by atoms with E-state index in [2.05, 4.69) is 11.5 Å². The molecule has 0 atom stereocenters. The van der Waals surface area contributed by atoms with Crippen LogP contribution in [0, 0.1) is 10.7 Å². The molecule has 1 aliphatic rings. The van der Waals surface area contributed by atoms with Crippen LogP contribution in [0.25, 0.3) is 11.4 Å². The van der Waals surface area contributed by atoms with E-state index in [1.807, 2.05) is 46.5 Å². The minimum Gasteiger partial charge on any atom is -0.496 e. The molecule has 8 heteroatoms. The van der Waals surface area contributed by atoms with Gasteiger partial charge >= 0.3 is 5.97 Å². The van der Waals surface area contributed by atoms with Gasteiger partial charge in [-0.15, -0.1) is 6.58 Å². The van der Waals surface area contributed by atoms with Gasteiger partial charge in [-0.1, -0.05) is 18.2 Å². The lowest BCUT2D eigenvalue weighted by Crippen LogP contribution is -2.38. The van der Waals surface area contributed by atoms with Crippen molar-refractivity contribution in [3.63, 3.8) is 0 Å². The Morgan fingerprint density at radius 3 is 2.72 bits per heavy atom. The predicted molar refractivity (Wildman–Crippen MR) is 114 cm³/mol. The van der Waals surface area contributed by atoms with E-state index in [0.29, 0.717) is 24.6 Å². The molecule has 2 heterocycles. The highest BCUT2D eigenvalue weighted by Crippen LogP contribution is 2.29. The molecule has 1 aliphatic heterocycles. The molecule has 3 rings (SSSR count). The Hall–Kier alpha value is -2.45. The van der Waals surface area contributed by atoms with Crippen molar-refractivity contribution in [1.82, 2.24) is 19.2 Å². The number of benzene rings is 1. The standard InChI is InChI=1S/C21H28N4O3S/c1-4-12-24-19(17-8-6-7-9-18(17)27-3)22-25(21(24)29)15-23-13-10-16(11-14-23)20(26)28-5-2/h4,6-9,16H,1,5,10-15H2,2-3H3. The fourth-order valence-electron chi connectivity index (χ4n) is 3.62. The molecule has 0 saturated carbocycles. The minimum absolute atomic E-state index is 0.0124. The van der Waals surface area contributed by atoms with E-state index in [0.717, 1.165) is 43.1 Å². The Labute approximate surface area is 176 Å². The lowest BCUT2D eigenvalue weighted by Gasteiger charge is -2.30. The summed E-state index contributed by atoms with van der Waals surface area (Å²) in [5, 5.41) is 4.80. The van der Waals surface area contributed by atoms with Gasteiger partial charge in [-0.25, -0.2) is 4.68 Å². The van der Waals surface area contributed by atoms with Crippen LogP contribution >= 0.6 is 12.2 Å². The number of para-hydroxylation sites is 1. The second-order valence-corrected chi connectivity index (χ2v) is 7.36. The minimum atomic E-state index is -0.0857. The number of likely N-dealkylation sites (tertiary alicyclic amines) is 1. The van der Waals surface area contributed by atoms with Gasteiger partial charge in [-0.05, 0) is 44.1 Å². The van der Waals surface area contributed by atoms with Crippen LogP contribution in [0.4, 0.5) is 0 Å². The highest BCUT2D eigenvalue weighted by atomic mass is 32.1. The number of hydrogen-bond acceptors (Lipinski definition) is 6. The topological polar surface area (TPSA) is 61.5 Å². The Bertz CT molecular complexity index is 913. The van der Waals surface area contributed by atoms with E-state index < -0.39 is 0 Å². The van der Waals surface area contributed by atoms with Crippen LogP contribution in [0.1, 0.15) is 19.8 Å². The molecule has 29 heavy (non-hydrogen) atoms. The highest BCUT2D eigenvalue weighted by Gasteiger charge is 2.26. The van der Waals surface area contributed by atoms with Gasteiger partial charge in [-0.2, -0.15) is 5.10 Å². The molecule has 0 spiro atoms. The number of ether oxygens (including phenoxy) is 2. The zero-order valence-electron chi connectivity index (χ0n) is 17.0. The number of carbonyl (C=O) groups excluding carboxylic acids is 1. The normalized spacial score (nSPS) is 15.2. The Morgan fingerprint density at radius 2 is 2.07 bits per heavy atom. The van der Waals surface area contributed by atoms with Gasteiger partial charge in [0.05, 0.1) is 31.9 Å². The molecule has 0 N–H and O–H groups in total. The first-order valence-corrected chi connectivity index (χ1v) is 10.3. The molecule has 0 radical (unpaired) electrons. The van der Waals surface area contributed by atoms with E-state index in [1.165, 1.54) is 0 Å². The Balaban J connectivity index is 1.80. The zero-order chi connectivity index (χ0) is 20.8. The second kappa shape index (κ2) is 9.84. The number of allylic oxidation sites excluding steroid dienone is 1. The van der Waals surface area contributed by atoms with E-state index in [1.54, 1.807) is 7.11 Å². The lowest BCUT2D eigenvalue weighted by molar-refractivity contribution is -0.149. The van der Waals surface area contributed by atoms with Crippen molar-refractivity contribution in [2.75, 3.05) is 26.8 Å². The number of esters is 1. The van der Waals surface area contributed by atoms with Crippen molar-refractivity contribution in [2.45, 2.75) is 33.0 Å². The van der Waals surface area contributed by atoms with E-state index in [-0.39, 0.29) is 11.9 Å². The van der Waals surface area contributed by atoms with Crippen molar-refractivity contribution < 1.29 is 14.3 Å². The molecule has 156 valence electrons. The number of rotatable bonds is 8. The average Bonchev–Trinajstić information content (AvgIpc) is 3.04. The summed E-state index contributed by atoms with van der Waals surface area (Å²) in [6.45, 7) is 8.89. The third-order valence-electron chi connectivity index (χ3n) is 5.12. The number of hydrogen-bond donors (Lipinski definition) is 0. The largest absolute Gasteiger partial charge is 0.496 e. The lowest BCUT2D eigenvalue weighted by atomic mass is 9.97. The first kappa shape index (κ1) is 21.3. The van der Waals surface area contributed by atoms with Gasteiger partial charge in [0.1, 0.15) is 5.75 Å². The molecule has 1 fully saturated rings. The molecule has 0 bridgehead atoms. The molecule has 1 aromatic heterocycles. The van der Waals surface area contributed by atoms with Crippen molar-refractivity contribution in [1.29, 1.82) is 0 Å². The number of carbonyl (C=O) groups is 1. The third-order valence-corrected chi connectivity index (χ3v) is 5.55. The van der Waals surface area contributed by atoms with Crippen LogP contribution in [0.5, 0.6) is 5.75 Å². The first-order valence-electron chi connectivity index (χ1n) is 9.90. The molecular weight excluding hydrogens is 388 g/mol.